The van der Waals surface area contributed by atoms with E-state index in [1.165, 1.54) is 50.9 Å². The van der Waals surface area contributed by atoms with Gasteiger partial charge in [0.25, 0.3) is 0 Å². The molecule has 0 aliphatic heterocycles. The highest BCUT2D eigenvalue weighted by Gasteiger charge is 2.18. The fourth-order valence-electron chi connectivity index (χ4n) is 3.63. The third-order valence-corrected chi connectivity index (χ3v) is 5.09. The molecule has 2 aromatic rings. The lowest BCUT2D eigenvalue weighted by atomic mass is 10.0. The normalized spacial score (nSPS) is 14.5. The third-order valence-electron chi connectivity index (χ3n) is 5.09. The number of benzene rings is 1. The number of aromatic nitrogens is 2. The van der Waals surface area contributed by atoms with Crippen molar-refractivity contribution in [2.24, 2.45) is 5.92 Å². The second-order valence-electron chi connectivity index (χ2n) is 7.24. The molecule has 1 aliphatic rings. The second-order valence-corrected chi connectivity index (χ2v) is 7.24. The number of ether oxygens (including phenoxy) is 2. The van der Waals surface area contributed by atoms with Crippen LogP contribution in [0.5, 0.6) is 11.5 Å². The summed E-state index contributed by atoms with van der Waals surface area (Å²) in [6.45, 7) is -2.77. The Bertz CT molecular complexity index is 758. The lowest BCUT2D eigenvalue weighted by Gasteiger charge is -2.10. The van der Waals surface area contributed by atoms with Crippen LogP contribution in [0, 0.1) is 17.6 Å². The fourth-order valence-corrected chi connectivity index (χ4v) is 3.63. The highest BCUT2D eigenvalue weighted by atomic mass is 19.3. The van der Waals surface area contributed by atoms with Crippen LogP contribution in [0.4, 0.5) is 17.6 Å². The van der Waals surface area contributed by atoms with Crippen molar-refractivity contribution in [1.29, 1.82) is 0 Å². The van der Waals surface area contributed by atoms with Crippen molar-refractivity contribution in [3.05, 3.63) is 36.2 Å². The standard InChI is InChI=1S/C21H24F4N2O2/c22-17-10-15(11-18(23)19(17)29-21(24)25)20-26-12-16(13-27-20)28-9-5-1-2-6-14-7-3-4-8-14/h10-14,21H,1-9H2. The smallest absolute Gasteiger partial charge is 0.387 e. The SMILES string of the molecule is Fc1cc(-c2ncc(OCCCCCC3CCCC3)cn2)cc(F)c1OC(F)F. The molecule has 0 bridgehead atoms. The predicted octanol–water partition coefficient (Wildman–Crippen LogP) is 6.15. The summed E-state index contributed by atoms with van der Waals surface area (Å²) in [5, 5.41) is 0. The molecule has 0 radical (unpaired) electrons. The minimum absolute atomic E-state index is 0.0140. The summed E-state index contributed by atoms with van der Waals surface area (Å²) in [7, 11) is 0. The van der Waals surface area contributed by atoms with Crippen LogP contribution < -0.4 is 9.47 Å². The first-order chi connectivity index (χ1) is 14.0. The van der Waals surface area contributed by atoms with Crippen molar-refractivity contribution in [2.45, 2.75) is 58.0 Å². The van der Waals surface area contributed by atoms with Crippen LogP contribution in [0.15, 0.2) is 24.5 Å². The van der Waals surface area contributed by atoms with Gasteiger partial charge in [-0.25, -0.2) is 18.7 Å². The van der Waals surface area contributed by atoms with E-state index in [0.29, 0.717) is 12.4 Å². The molecule has 1 aromatic heterocycles. The quantitative estimate of drug-likeness (QED) is 0.347. The van der Waals surface area contributed by atoms with Gasteiger partial charge < -0.3 is 9.47 Å². The van der Waals surface area contributed by atoms with Gasteiger partial charge in [-0.05, 0) is 24.5 Å². The maximum atomic E-state index is 13.8. The maximum absolute atomic E-state index is 13.8. The predicted molar refractivity (Wildman–Crippen MR) is 99.9 cm³/mol. The van der Waals surface area contributed by atoms with E-state index >= 15 is 0 Å². The Morgan fingerprint density at radius 1 is 0.966 bits per heavy atom. The maximum Gasteiger partial charge on any atom is 0.387 e. The largest absolute Gasteiger partial charge is 0.490 e. The lowest BCUT2D eigenvalue weighted by molar-refractivity contribution is -0.0546. The van der Waals surface area contributed by atoms with Crippen molar-refractivity contribution in [1.82, 2.24) is 9.97 Å². The molecule has 4 nitrogen and oxygen atoms in total. The summed E-state index contributed by atoms with van der Waals surface area (Å²) < 4.78 is 61.5. The summed E-state index contributed by atoms with van der Waals surface area (Å²) in [6.07, 6.45) is 12.9. The van der Waals surface area contributed by atoms with Gasteiger partial charge in [-0.15, -0.1) is 0 Å². The Kier molecular flexibility index (Phi) is 7.66. The molecule has 3 rings (SSSR count). The van der Waals surface area contributed by atoms with Crippen LogP contribution in [0.2, 0.25) is 0 Å². The van der Waals surface area contributed by atoms with Crippen LogP contribution in [0.3, 0.4) is 0 Å². The Morgan fingerprint density at radius 3 is 2.24 bits per heavy atom. The molecule has 1 fully saturated rings. The zero-order chi connectivity index (χ0) is 20.6. The van der Waals surface area contributed by atoms with Gasteiger partial charge in [0.2, 0.25) is 0 Å². The van der Waals surface area contributed by atoms with E-state index in [1.807, 2.05) is 0 Å². The molecule has 1 aliphatic carbocycles. The van der Waals surface area contributed by atoms with E-state index < -0.39 is 24.0 Å². The molecule has 0 N–H and O–H groups in total. The van der Waals surface area contributed by atoms with Gasteiger partial charge in [-0.1, -0.05) is 44.9 Å². The molecule has 0 atom stereocenters. The molecule has 0 amide bonds. The van der Waals surface area contributed by atoms with Crippen molar-refractivity contribution in [3.8, 4) is 22.9 Å². The molecule has 8 heteroatoms. The van der Waals surface area contributed by atoms with E-state index in [0.717, 1.165) is 30.9 Å². The number of unbranched alkanes of at least 4 members (excludes halogenated alkanes) is 2. The van der Waals surface area contributed by atoms with Crippen molar-refractivity contribution >= 4 is 0 Å². The molecule has 29 heavy (non-hydrogen) atoms. The van der Waals surface area contributed by atoms with Gasteiger partial charge in [0.15, 0.2) is 29.0 Å². The second kappa shape index (κ2) is 10.4. The van der Waals surface area contributed by atoms with E-state index in [4.69, 9.17) is 4.74 Å². The molecular weight excluding hydrogens is 388 g/mol. The molecule has 158 valence electrons. The minimum Gasteiger partial charge on any atom is -0.490 e. The van der Waals surface area contributed by atoms with E-state index in [9.17, 15) is 17.6 Å². The average molecular weight is 412 g/mol. The number of hydrogen-bond donors (Lipinski definition) is 0. The zero-order valence-electron chi connectivity index (χ0n) is 16.1. The number of hydrogen-bond acceptors (Lipinski definition) is 4. The number of rotatable bonds is 10. The molecule has 0 unspecified atom stereocenters. The van der Waals surface area contributed by atoms with Crippen molar-refractivity contribution < 1.29 is 27.0 Å². The molecule has 1 aromatic carbocycles. The molecule has 1 saturated carbocycles. The molecule has 0 spiro atoms. The van der Waals surface area contributed by atoms with Gasteiger partial charge in [-0.3, -0.25) is 0 Å². The molecular formula is C21H24F4N2O2. The summed E-state index contributed by atoms with van der Waals surface area (Å²) in [5.41, 5.74) is 0.0140. The van der Waals surface area contributed by atoms with Gasteiger partial charge in [0.1, 0.15) is 0 Å². The fraction of sp³-hybridized carbons (Fsp3) is 0.524. The van der Waals surface area contributed by atoms with E-state index in [2.05, 4.69) is 14.7 Å². The van der Waals surface area contributed by atoms with Crippen LogP contribution >= 0.6 is 0 Å². The average Bonchev–Trinajstić information content (AvgIpc) is 3.21. The summed E-state index contributed by atoms with van der Waals surface area (Å²) in [4.78, 5) is 8.06. The van der Waals surface area contributed by atoms with Gasteiger partial charge in [0, 0.05) is 5.56 Å². The van der Waals surface area contributed by atoms with Gasteiger partial charge >= 0.3 is 6.61 Å². The first-order valence-corrected chi connectivity index (χ1v) is 9.92. The lowest BCUT2D eigenvalue weighted by Crippen LogP contribution is -2.06. The van der Waals surface area contributed by atoms with Crippen molar-refractivity contribution in [2.75, 3.05) is 6.61 Å². The van der Waals surface area contributed by atoms with Gasteiger partial charge in [0.05, 0.1) is 19.0 Å². The van der Waals surface area contributed by atoms with Crippen LogP contribution in [0.1, 0.15) is 51.4 Å². The molecule has 1 heterocycles. The Morgan fingerprint density at radius 2 is 1.62 bits per heavy atom. The topological polar surface area (TPSA) is 44.2 Å². The van der Waals surface area contributed by atoms with E-state index in [-0.39, 0.29) is 11.4 Å². The monoisotopic (exact) mass is 412 g/mol. The van der Waals surface area contributed by atoms with Crippen LogP contribution in [-0.2, 0) is 0 Å². The zero-order valence-corrected chi connectivity index (χ0v) is 16.1. The van der Waals surface area contributed by atoms with E-state index in [1.54, 1.807) is 0 Å². The Hall–Kier alpha value is -2.38. The van der Waals surface area contributed by atoms with Crippen LogP contribution in [-0.4, -0.2) is 23.2 Å². The van der Waals surface area contributed by atoms with Crippen LogP contribution in [0.25, 0.3) is 11.4 Å². The highest BCUT2D eigenvalue weighted by Crippen LogP contribution is 2.30. The van der Waals surface area contributed by atoms with Crippen molar-refractivity contribution in [3.63, 3.8) is 0 Å². The summed E-state index contributed by atoms with van der Waals surface area (Å²) in [6, 6.07) is 1.70. The number of alkyl halides is 2. The number of halogens is 4. The minimum atomic E-state index is -3.32. The first kappa shape index (κ1) is 21.3. The summed E-state index contributed by atoms with van der Waals surface area (Å²) in [5.74, 6) is -2.21. The number of nitrogens with zero attached hydrogens (tertiary/aromatic N) is 2. The summed E-state index contributed by atoms with van der Waals surface area (Å²) >= 11 is 0. The third kappa shape index (κ3) is 6.30. The molecule has 0 saturated heterocycles. The Labute approximate surface area is 167 Å². The first-order valence-electron chi connectivity index (χ1n) is 9.92. The van der Waals surface area contributed by atoms with Gasteiger partial charge in [-0.2, -0.15) is 8.78 Å². The highest BCUT2D eigenvalue weighted by molar-refractivity contribution is 5.57. The Balaban J connectivity index is 1.47.